The minimum absolute atomic E-state index is 0.0429. The molecule has 0 fully saturated rings. The van der Waals surface area contributed by atoms with Gasteiger partial charge in [0.25, 0.3) is 0 Å². The van der Waals surface area contributed by atoms with Gasteiger partial charge < -0.3 is 5.32 Å². The maximum absolute atomic E-state index is 12.7. The summed E-state index contributed by atoms with van der Waals surface area (Å²) < 4.78 is 26.9. The minimum atomic E-state index is -3.33. The number of amides is 1. The predicted molar refractivity (Wildman–Crippen MR) is 128 cm³/mol. The molecular weight excluding hydrogens is 420 g/mol. The monoisotopic (exact) mass is 448 g/mol. The van der Waals surface area contributed by atoms with Crippen molar-refractivity contribution in [3.05, 3.63) is 95.6 Å². The number of carbonyl (C=O) groups excluding carboxylic acids is 1. The molecule has 1 heterocycles. The lowest BCUT2D eigenvalue weighted by Gasteiger charge is -2.28. The Morgan fingerprint density at radius 2 is 1.50 bits per heavy atom. The van der Waals surface area contributed by atoms with Crippen LogP contribution in [-0.4, -0.2) is 37.5 Å². The topological polar surface area (TPSA) is 66.5 Å². The Morgan fingerprint density at radius 3 is 2.25 bits per heavy atom. The van der Waals surface area contributed by atoms with Crippen LogP contribution in [0.2, 0.25) is 0 Å². The molecule has 0 radical (unpaired) electrons. The third-order valence-electron chi connectivity index (χ3n) is 5.82. The molecule has 0 saturated heterocycles. The summed E-state index contributed by atoms with van der Waals surface area (Å²) >= 11 is 0. The first-order chi connectivity index (χ1) is 15.5. The molecule has 3 aromatic carbocycles. The highest BCUT2D eigenvalue weighted by Crippen LogP contribution is 2.21. The van der Waals surface area contributed by atoms with E-state index in [0.717, 1.165) is 28.7 Å². The number of nitrogens with zero attached hydrogens (tertiary/aromatic N) is 1. The molecule has 166 valence electrons. The van der Waals surface area contributed by atoms with Crippen LogP contribution in [0.4, 0.5) is 0 Å². The van der Waals surface area contributed by atoms with Crippen LogP contribution in [0.5, 0.6) is 0 Å². The number of nitrogens with one attached hydrogen (secondary N) is 1. The maximum Gasteiger partial charge on any atom is 0.224 e. The van der Waals surface area contributed by atoms with E-state index in [1.165, 1.54) is 5.56 Å². The molecular formula is C26H28N2O3S. The number of hydrogen-bond donors (Lipinski definition) is 1. The molecule has 6 heteroatoms. The largest absolute Gasteiger partial charge is 0.356 e. The molecule has 0 spiro atoms. The Bertz CT molecular complexity index is 1160. The second-order valence-electron chi connectivity index (χ2n) is 8.11. The van der Waals surface area contributed by atoms with E-state index in [0.29, 0.717) is 26.1 Å². The highest BCUT2D eigenvalue weighted by atomic mass is 32.2. The van der Waals surface area contributed by atoms with Gasteiger partial charge in [-0.2, -0.15) is 4.31 Å². The number of rotatable bonds is 8. The lowest BCUT2D eigenvalue weighted by atomic mass is 10.0. The molecule has 0 aromatic heterocycles. The van der Waals surface area contributed by atoms with Crippen molar-refractivity contribution in [2.24, 2.45) is 0 Å². The van der Waals surface area contributed by atoms with Crippen molar-refractivity contribution in [1.29, 1.82) is 0 Å². The van der Waals surface area contributed by atoms with E-state index in [-0.39, 0.29) is 18.1 Å². The zero-order chi connectivity index (χ0) is 22.4. The third-order valence-corrected chi connectivity index (χ3v) is 7.72. The van der Waals surface area contributed by atoms with Crippen LogP contribution in [0.1, 0.15) is 23.1 Å². The zero-order valence-electron chi connectivity index (χ0n) is 18.0. The summed E-state index contributed by atoms with van der Waals surface area (Å²) in [5.74, 6) is -0.0527. The Kier molecular flexibility index (Phi) is 7.02. The second kappa shape index (κ2) is 10.1. The number of benzene rings is 3. The van der Waals surface area contributed by atoms with Crippen molar-refractivity contribution < 1.29 is 13.2 Å². The van der Waals surface area contributed by atoms with Crippen molar-refractivity contribution >= 4 is 15.9 Å². The Hall–Kier alpha value is -2.96. The normalized spacial score (nSPS) is 14.0. The molecule has 3 aromatic rings. The van der Waals surface area contributed by atoms with Crippen LogP contribution in [0, 0.1) is 0 Å². The number of carbonyl (C=O) groups is 1. The fraction of sp³-hybridized carbons (Fsp3) is 0.269. The SMILES string of the molecule is O=C(Cc1ccc(-c2ccccc2)cc1)NCCCS(=O)(=O)N1CCc2ccccc2C1. The average Bonchev–Trinajstić information content (AvgIpc) is 2.82. The van der Waals surface area contributed by atoms with E-state index >= 15 is 0 Å². The van der Waals surface area contributed by atoms with Gasteiger partial charge >= 0.3 is 0 Å². The standard InChI is InChI=1S/C26H28N2O3S/c29-26(19-21-11-13-24(14-12-21)22-7-2-1-3-8-22)27-16-6-18-32(30,31)28-17-15-23-9-4-5-10-25(23)20-28/h1-5,7-14H,6,15-20H2,(H,27,29). The van der Waals surface area contributed by atoms with Crippen molar-refractivity contribution in [3.63, 3.8) is 0 Å². The van der Waals surface area contributed by atoms with Gasteiger partial charge in [-0.25, -0.2) is 8.42 Å². The summed E-state index contributed by atoms with van der Waals surface area (Å²) in [4.78, 5) is 12.3. The van der Waals surface area contributed by atoms with Crippen LogP contribution >= 0.6 is 0 Å². The van der Waals surface area contributed by atoms with Gasteiger partial charge in [0.2, 0.25) is 15.9 Å². The highest BCUT2D eigenvalue weighted by Gasteiger charge is 2.26. The molecule has 0 bridgehead atoms. The van der Waals surface area contributed by atoms with Gasteiger partial charge in [-0.3, -0.25) is 4.79 Å². The highest BCUT2D eigenvalue weighted by molar-refractivity contribution is 7.89. The molecule has 0 atom stereocenters. The summed E-state index contributed by atoms with van der Waals surface area (Å²) in [5.41, 5.74) is 5.49. The fourth-order valence-electron chi connectivity index (χ4n) is 4.01. The second-order valence-corrected chi connectivity index (χ2v) is 10.2. The van der Waals surface area contributed by atoms with Crippen molar-refractivity contribution in [2.75, 3.05) is 18.8 Å². The number of fused-ring (bicyclic) bond motifs is 1. The van der Waals surface area contributed by atoms with Crippen molar-refractivity contribution in [3.8, 4) is 11.1 Å². The quantitative estimate of drug-likeness (QED) is 0.533. The Morgan fingerprint density at radius 1 is 0.844 bits per heavy atom. The van der Waals surface area contributed by atoms with Crippen LogP contribution in [0.15, 0.2) is 78.9 Å². The Balaban J connectivity index is 1.21. The maximum atomic E-state index is 12.7. The first-order valence-corrected chi connectivity index (χ1v) is 12.6. The van der Waals surface area contributed by atoms with E-state index in [2.05, 4.69) is 23.5 Å². The number of hydrogen-bond acceptors (Lipinski definition) is 3. The van der Waals surface area contributed by atoms with Gasteiger partial charge in [0.1, 0.15) is 0 Å². The van der Waals surface area contributed by atoms with Gasteiger partial charge in [-0.1, -0.05) is 78.9 Å². The molecule has 4 rings (SSSR count). The first-order valence-electron chi connectivity index (χ1n) is 11.0. The van der Waals surface area contributed by atoms with Gasteiger partial charge in [0, 0.05) is 19.6 Å². The van der Waals surface area contributed by atoms with Crippen molar-refractivity contribution in [2.45, 2.75) is 25.8 Å². The summed E-state index contributed by atoms with van der Waals surface area (Å²) in [6, 6.07) is 26.0. The van der Waals surface area contributed by atoms with Gasteiger partial charge in [-0.15, -0.1) is 0 Å². The zero-order valence-corrected chi connectivity index (χ0v) is 18.9. The van der Waals surface area contributed by atoms with Crippen LogP contribution in [0.25, 0.3) is 11.1 Å². The minimum Gasteiger partial charge on any atom is -0.356 e. The summed E-state index contributed by atoms with van der Waals surface area (Å²) in [5, 5.41) is 2.85. The molecule has 1 amide bonds. The van der Waals surface area contributed by atoms with Crippen LogP contribution in [-0.2, 0) is 34.2 Å². The van der Waals surface area contributed by atoms with Gasteiger partial charge in [0.05, 0.1) is 12.2 Å². The molecule has 1 aliphatic heterocycles. The average molecular weight is 449 g/mol. The van der Waals surface area contributed by atoms with E-state index in [1.807, 2.05) is 60.7 Å². The van der Waals surface area contributed by atoms with Gasteiger partial charge in [-0.05, 0) is 40.7 Å². The molecule has 1 N–H and O–H groups in total. The summed E-state index contributed by atoms with van der Waals surface area (Å²) in [6.07, 6.45) is 1.43. The van der Waals surface area contributed by atoms with Gasteiger partial charge in [0.15, 0.2) is 0 Å². The smallest absolute Gasteiger partial charge is 0.224 e. The molecule has 0 aliphatic carbocycles. The number of sulfonamides is 1. The summed E-state index contributed by atoms with van der Waals surface area (Å²) in [6.45, 7) is 1.30. The fourth-order valence-corrected chi connectivity index (χ4v) is 5.48. The van der Waals surface area contributed by atoms with E-state index in [1.54, 1.807) is 4.31 Å². The molecule has 32 heavy (non-hydrogen) atoms. The predicted octanol–water partition coefficient (Wildman–Crippen LogP) is 3.79. The Labute approximate surface area is 190 Å². The summed E-state index contributed by atoms with van der Waals surface area (Å²) in [7, 11) is -3.33. The third kappa shape index (κ3) is 5.64. The lowest BCUT2D eigenvalue weighted by Crippen LogP contribution is -2.38. The first kappa shape index (κ1) is 22.2. The molecule has 0 unspecified atom stereocenters. The van der Waals surface area contributed by atoms with E-state index in [4.69, 9.17) is 0 Å². The van der Waals surface area contributed by atoms with E-state index in [9.17, 15) is 13.2 Å². The van der Waals surface area contributed by atoms with E-state index < -0.39 is 10.0 Å². The van der Waals surface area contributed by atoms with Crippen LogP contribution < -0.4 is 5.32 Å². The van der Waals surface area contributed by atoms with Crippen molar-refractivity contribution in [1.82, 2.24) is 9.62 Å². The molecule has 1 aliphatic rings. The van der Waals surface area contributed by atoms with Crippen LogP contribution in [0.3, 0.4) is 0 Å². The lowest BCUT2D eigenvalue weighted by molar-refractivity contribution is -0.120. The molecule has 0 saturated carbocycles. The molecule has 5 nitrogen and oxygen atoms in total.